The number of rotatable bonds is 5. The summed E-state index contributed by atoms with van der Waals surface area (Å²) in [6, 6.07) is 14.1. The molecule has 6 rings (SSSR count). The number of hydrogen-bond donors (Lipinski definition) is 1. The minimum absolute atomic E-state index is 0.161. The number of anilines is 2. The lowest BCUT2D eigenvalue weighted by Crippen LogP contribution is -2.26. The standard InChI is InChI=1S/C30H34N8O2/c1-30(2)25-9-8-10-26(33-25)38-27-23(28(39)37(38)14-6-5-7-18-40-30)20-31-29(34-27)32-22-11-12-24-21(19-22)13-15-36(24)17-16-35(3)4/h5-6,8-13,15,19-20H,7,14,16-18H2,1-4H3,(H,31,32,34). The molecule has 5 aromatic rings. The summed E-state index contributed by atoms with van der Waals surface area (Å²) >= 11 is 0. The van der Waals surface area contributed by atoms with E-state index in [1.807, 2.05) is 50.3 Å². The van der Waals surface area contributed by atoms with E-state index in [-0.39, 0.29) is 5.56 Å². The number of pyridine rings is 1. The van der Waals surface area contributed by atoms with E-state index >= 15 is 0 Å². The molecular formula is C30H34N8O2. The van der Waals surface area contributed by atoms with Gasteiger partial charge in [-0.2, -0.15) is 4.98 Å². The number of fused-ring (bicyclic) bond motifs is 7. The maximum atomic E-state index is 13.5. The third-order valence-corrected chi connectivity index (χ3v) is 7.25. The Kier molecular flexibility index (Phi) is 6.73. The Morgan fingerprint density at radius 2 is 1.98 bits per heavy atom. The maximum absolute atomic E-state index is 13.5. The Morgan fingerprint density at radius 1 is 1.10 bits per heavy atom. The van der Waals surface area contributed by atoms with Crippen molar-refractivity contribution in [3.63, 3.8) is 0 Å². The fourth-order valence-corrected chi connectivity index (χ4v) is 5.02. The van der Waals surface area contributed by atoms with Crippen LogP contribution in [-0.2, 0) is 23.4 Å². The predicted molar refractivity (Wildman–Crippen MR) is 157 cm³/mol. The summed E-state index contributed by atoms with van der Waals surface area (Å²) in [6.45, 7) is 6.86. The van der Waals surface area contributed by atoms with Crippen molar-refractivity contribution in [1.29, 1.82) is 0 Å². The summed E-state index contributed by atoms with van der Waals surface area (Å²) in [5, 5.41) is 4.90. The van der Waals surface area contributed by atoms with Gasteiger partial charge < -0.3 is 19.5 Å². The van der Waals surface area contributed by atoms with Gasteiger partial charge >= 0.3 is 0 Å². The van der Waals surface area contributed by atoms with E-state index in [2.05, 4.69) is 58.3 Å². The van der Waals surface area contributed by atoms with Crippen LogP contribution in [0, 0.1) is 0 Å². The predicted octanol–water partition coefficient (Wildman–Crippen LogP) is 4.45. The molecule has 2 bridgehead atoms. The first-order valence-electron chi connectivity index (χ1n) is 13.6. The fraction of sp³-hybridized carbons (Fsp3) is 0.333. The van der Waals surface area contributed by atoms with Crippen molar-refractivity contribution in [3.8, 4) is 5.82 Å². The molecule has 1 aromatic carbocycles. The van der Waals surface area contributed by atoms with Crippen molar-refractivity contribution in [2.75, 3.05) is 32.6 Å². The van der Waals surface area contributed by atoms with Crippen LogP contribution < -0.4 is 10.9 Å². The van der Waals surface area contributed by atoms with Crippen LogP contribution >= 0.6 is 0 Å². The highest BCUT2D eigenvalue weighted by molar-refractivity contribution is 5.85. The summed E-state index contributed by atoms with van der Waals surface area (Å²) in [7, 11) is 4.16. The molecule has 1 aliphatic heterocycles. The van der Waals surface area contributed by atoms with E-state index in [0.29, 0.717) is 36.0 Å². The molecule has 1 aliphatic rings. The van der Waals surface area contributed by atoms with Crippen LogP contribution in [0.2, 0.25) is 0 Å². The molecule has 0 saturated heterocycles. The Labute approximate surface area is 232 Å². The van der Waals surface area contributed by atoms with Crippen LogP contribution in [0.1, 0.15) is 26.0 Å². The molecule has 0 aliphatic carbocycles. The van der Waals surface area contributed by atoms with Crippen LogP contribution in [0.3, 0.4) is 0 Å². The smallest absolute Gasteiger partial charge is 0.278 e. The van der Waals surface area contributed by atoms with Gasteiger partial charge in [0.1, 0.15) is 11.0 Å². The summed E-state index contributed by atoms with van der Waals surface area (Å²) in [4.78, 5) is 29.9. The Bertz CT molecular complexity index is 1780. The summed E-state index contributed by atoms with van der Waals surface area (Å²) in [5.74, 6) is 1.00. The molecule has 0 fully saturated rings. The normalized spacial score (nSPS) is 15.2. The van der Waals surface area contributed by atoms with Crippen molar-refractivity contribution >= 4 is 33.6 Å². The summed E-state index contributed by atoms with van der Waals surface area (Å²) in [6.07, 6.45) is 8.47. The number of likely N-dealkylation sites (N-methyl/N-ethyl adjacent to an activating group) is 1. The fourth-order valence-electron chi connectivity index (χ4n) is 5.02. The van der Waals surface area contributed by atoms with Gasteiger partial charge in [0, 0.05) is 42.1 Å². The highest BCUT2D eigenvalue weighted by Gasteiger charge is 2.25. The number of nitrogens with one attached hydrogen (secondary N) is 1. The van der Waals surface area contributed by atoms with Gasteiger partial charge in [-0.25, -0.2) is 19.3 Å². The third-order valence-electron chi connectivity index (χ3n) is 7.25. The van der Waals surface area contributed by atoms with E-state index in [9.17, 15) is 4.79 Å². The largest absolute Gasteiger partial charge is 0.369 e. The lowest BCUT2D eigenvalue weighted by atomic mass is 10.0. The Morgan fingerprint density at radius 3 is 2.83 bits per heavy atom. The van der Waals surface area contributed by atoms with Crippen LogP contribution in [0.5, 0.6) is 0 Å². The van der Waals surface area contributed by atoms with Gasteiger partial charge in [0.25, 0.3) is 5.56 Å². The first kappa shape index (κ1) is 26.0. The van der Waals surface area contributed by atoms with Crippen LogP contribution in [0.4, 0.5) is 11.6 Å². The van der Waals surface area contributed by atoms with Gasteiger partial charge in [0.2, 0.25) is 5.95 Å². The number of ether oxygens (including phenoxy) is 1. The Hall–Kier alpha value is -4.28. The zero-order valence-electron chi connectivity index (χ0n) is 23.3. The SMILES string of the molecule is CN(C)CCn1ccc2cc(Nc3ncc4c(=O)n5n(c4n3)-c3cccc(n3)C(C)(C)OCCC=CC5)ccc21. The minimum Gasteiger partial charge on any atom is -0.369 e. The van der Waals surface area contributed by atoms with Gasteiger partial charge in [-0.1, -0.05) is 18.2 Å². The summed E-state index contributed by atoms with van der Waals surface area (Å²) < 4.78 is 11.8. The van der Waals surface area contributed by atoms with E-state index in [1.165, 1.54) is 5.52 Å². The van der Waals surface area contributed by atoms with E-state index in [0.717, 1.165) is 36.3 Å². The first-order valence-corrected chi connectivity index (χ1v) is 13.6. The molecule has 0 spiro atoms. The van der Waals surface area contributed by atoms with Gasteiger partial charge in [-0.15, -0.1) is 0 Å². The molecule has 4 aromatic heterocycles. The van der Waals surface area contributed by atoms with Crippen molar-refractivity contribution in [2.24, 2.45) is 0 Å². The molecule has 206 valence electrons. The third kappa shape index (κ3) is 4.91. The monoisotopic (exact) mass is 538 g/mol. The average molecular weight is 539 g/mol. The summed E-state index contributed by atoms with van der Waals surface area (Å²) in [5.41, 5.74) is 2.58. The zero-order valence-corrected chi connectivity index (χ0v) is 23.3. The number of allylic oxidation sites excluding steroid dienone is 1. The van der Waals surface area contributed by atoms with Gasteiger partial charge in [0.05, 0.1) is 18.8 Å². The topological polar surface area (TPSA) is 95.0 Å². The van der Waals surface area contributed by atoms with Gasteiger partial charge in [-0.05, 0) is 70.8 Å². The maximum Gasteiger partial charge on any atom is 0.278 e. The second kappa shape index (κ2) is 10.4. The van der Waals surface area contributed by atoms with E-state index in [4.69, 9.17) is 14.7 Å². The second-order valence-corrected chi connectivity index (χ2v) is 10.8. The molecule has 5 heterocycles. The minimum atomic E-state index is -0.580. The molecule has 0 atom stereocenters. The molecule has 0 saturated carbocycles. The quantitative estimate of drug-likeness (QED) is 0.331. The molecule has 10 heteroatoms. The molecular weight excluding hydrogens is 504 g/mol. The first-order chi connectivity index (χ1) is 19.3. The molecule has 0 radical (unpaired) electrons. The second-order valence-electron chi connectivity index (χ2n) is 10.8. The van der Waals surface area contributed by atoms with Crippen molar-refractivity contribution in [3.05, 3.63) is 83.1 Å². The highest BCUT2D eigenvalue weighted by Crippen LogP contribution is 2.26. The number of benzene rings is 1. The average Bonchev–Trinajstić information content (AvgIpc) is 3.46. The van der Waals surface area contributed by atoms with Gasteiger partial charge in [0.15, 0.2) is 11.5 Å². The van der Waals surface area contributed by atoms with Crippen molar-refractivity contribution in [2.45, 2.75) is 39.0 Å². The number of hydrogen-bond acceptors (Lipinski definition) is 7. The zero-order chi connectivity index (χ0) is 27.9. The van der Waals surface area contributed by atoms with Gasteiger partial charge in [-0.3, -0.25) is 4.79 Å². The lowest BCUT2D eigenvalue weighted by Gasteiger charge is -2.25. The molecule has 0 unspecified atom stereocenters. The molecule has 40 heavy (non-hydrogen) atoms. The number of aromatic nitrogens is 6. The highest BCUT2D eigenvalue weighted by atomic mass is 16.5. The van der Waals surface area contributed by atoms with Crippen LogP contribution in [0.15, 0.2) is 71.8 Å². The van der Waals surface area contributed by atoms with Crippen molar-refractivity contribution in [1.82, 2.24) is 33.8 Å². The number of nitrogens with zero attached hydrogens (tertiary/aromatic N) is 7. The van der Waals surface area contributed by atoms with E-state index < -0.39 is 5.60 Å². The Balaban J connectivity index is 1.40. The lowest BCUT2D eigenvalue weighted by molar-refractivity contribution is -0.0224. The van der Waals surface area contributed by atoms with E-state index in [1.54, 1.807) is 15.6 Å². The van der Waals surface area contributed by atoms with Crippen LogP contribution in [-0.4, -0.2) is 61.0 Å². The molecule has 1 N–H and O–H groups in total. The molecule has 0 amide bonds. The molecule has 10 nitrogen and oxygen atoms in total. The van der Waals surface area contributed by atoms with Crippen LogP contribution in [0.25, 0.3) is 27.8 Å². The van der Waals surface area contributed by atoms with Crippen molar-refractivity contribution < 1.29 is 4.74 Å².